The molecule has 1 aromatic carbocycles. The third kappa shape index (κ3) is 10.7. The molecule has 2 amide bonds. The zero-order valence-electron chi connectivity index (χ0n) is 16.4. The Morgan fingerprint density at radius 1 is 1.04 bits per heavy atom. The summed E-state index contributed by atoms with van der Waals surface area (Å²) in [6.45, 7) is 4.80. The molecule has 0 spiro atoms. The van der Waals surface area contributed by atoms with Gasteiger partial charge in [-0.05, 0) is 31.7 Å². The Morgan fingerprint density at radius 2 is 1.70 bits per heavy atom. The summed E-state index contributed by atoms with van der Waals surface area (Å²) in [4.78, 5) is 24.0. The van der Waals surface area contributed by atoms with Crippen molar-refractivity contribution in [2.45, 2.75) is 26.0 Å². The summed E-state index contributed by atoms with van der Waals surface area (Å²) in [6, 6.07) is 6.71. The molecule has 8 nitrogen and oxygen atoms in total. The predicted molar refractivity (Wildman–Crippen MR) is 104 cm³/mol. The van der Waals surface area contributed by atoms with Crippen molar-refractivity contribution < 1.29 is 23.8 Å². The van der Waals surface area contributed by atoms with E-state index in [9.17, 15) is 9.59 Å². The number of rotatable bonds is 14. The number of carbonyl (C=O) groups is 2. The van der Waals surface area contributed by atoms with Gasteiger partial charge in [-0.3, -0.25) is 9.59 Å². The van der Waals surface area contributed by atoms with Crippen LogP contribution in [-0.4, -0.2) is 65.0 Å². The lowest BCUT2D eigenvalue weighted by atomic mass is 10.2. The van der Waals surface area contributed by atoms with Crippen molar-refractivity contribution in [3.05, 3.63) is 29.8 Å². The Balaban J connectivity index is 2.19. The number of ether oxygens (including phenoxy) is 3. The monoisotopic (exact) mass is 381 g/mol. The normalized spacial score (nSPS) is 11.8. The molecule has 1 atom stereocenters. The van der Waals surface area contributed by atoms with E-state index < -0.39 is 6.04 Å². The topological polar surface area (TPSA) is 97.9 Å². The largest absolute Gasteiger partial charge is 0.380 e. The van der Waals surface area contributed by atoms with Crippen LogP contribution in [-0.2, 0) is 30.4 Å². The van der Waals surface area contributed by atoms with Crippen molar-refractivity contribution in [1.82, 2.24) is 10.6 Å². The zero-order chi connectivity index (χ0) is 19.9. The van der Waals surface area contributed by atoms with Gasteiger partial charge in [0.15, 0.2) is 0 Å². The first-order valence-electron chi connectivity index (χ1n) is 9.05. The molecule has 0 saturated carbocycles. The van der Waals surface area contributed by atoms with Gasteiger partial charge in [-0.15, -0.1) is 0 Å². The first kappa shape index (κ1) is 23.0. The number of nitrogens with one attached hydrogen (secondary N) is 3. The number of amides is 2. The van der Waals surface area contributed by atoms with E-state index in [0.29, 0.717) is 32.1 Å². The van der Waals surface area contributed by atoms with Gasteiger partial charge in [-0.1, -0.05) is 12.1 Å². The van der Waals surface area contributed by atoms with E-state index in [2.05, 4.69) is 16.0 Å². The molecule has 0 saturated heterocycles. The van der Waals surface area contributed by atoms with Crippen LogP contribution in [0.5, 0.6) is 0 Å². The summed E-state index contributed by atoms with van der Waals surface area (Å²) in [5, 5.41) is 8.41. The molecule has 3 N–H and O–H groups in total. The minimum absolute atomic E-state index is 0.194. The Kier molecular flexibility index (Phi) is 12.0. The van der Waals surface area contributed by atoms with Crippen molar-refractivity contribution in [3.8, 4) is 0 Å². The van der Waals surface area contributed by atoms with Crippen LogP contribution in [0.4, 0.5) is 5.69 Å². The molecule has 8 heteroatoms. The van der Waals surface area contributed by atoms with Gasteiger partial charge in [0.25, 0.3) is 0 Å². The van der Waals surface area contributed by atoms with Gasteiger partial charge in [-0.2, -0.15) is 0 Å². The Hall–Kier alpha value is -2.00. The van der Waals surface area contributed by atoms with Crippen LogP contribution in [0.1, 0.15) is 18.9 Å². The molecule has 1 aromatic rings. The van der Waals surface area contributed by atoms with Crippen LogP contribution in [0.25, 0.3) is 0 Å². The second kappa shape index (κ2) is 14.1. The second-order valence-corrected chi connectivity index (χ2v) is 5.99. The SMILES string of the molecule is CNCCOCCOCCC(=O)NC(C)C(=O)Nc1ccc(COC)cc1. The number of benzene rings is 1. The van der Waals surface area contributed by atoms with E-state index in [1.807, 2.05) is 19.2 Å². The highest BCUT2D eigenvalue weighted by atomic mass is 16.5. The number of anilines is 1. The van der Waals surface area contributed by atoms with Crippen LogP contribution in [0.2, 0.25) is 0 Å². The van der Waals surface area contributed by atoms with Crippen molar-refractivity contribution in [2.75, 3.05) is 52.4 Å². The number of methoxy groups -OCH3 is 1. The third-order valence-electron chi connectivity index (χ3n) is 3.65. The van der Waals surface area contributed by atoms with Gasteiger partial charge in [0, 0.05) is 25.8 Å². The lowest BCUT2D eigenvalue weighted by molar-refractivity contribution is -0.127. The van der Waals surface area contributed by atoms with Gasteiger partial charge in [0.1, 0.15) is 6.04 Å². The molecular formula is C19H31N3O5. The van der Waals surface area contributed by atoms with E-state index in [-0.39, 0.29) is 24.8 Å². The summed E-state index contributed by atoms with van der Waals surface area (Å²) in [6.07, 6.45) is 0.194. The molecule has 0 fully saturated rings. The van der Waals surface area contributed by atoms with Crippen molar-refractivity contribution >= 4 is 17.5 Å². The number of hydrogen-bond acceptors (Lipinski definition) is 6. The van der Waals surface area contributed by atoms with E-state index in [1.54, 1.807) is 26.2 Å². The van der Waals surface area contributed by atoms with Gasteiger partial charge >= 0.3 is 0 Å². The average molecular weight is 381 g/mol. The Labute approximate surface area is 160 Å². The maximum Gasteiger partial charge on any atom is 0.246 e. The van der Waals surface area contributed by atoms with Crippen LogP contribution < -0.4 is 16.0 Å². The molecule has 0 bridgehead atoms. The fraction of sp³-hybridized carbons (Fsp3) is 0.579. The summed E-state index contributed by atoms with van der Waals surface area (Å²) >= 11 is 0. The number of likely N-dealkylation sites (N-methyl/N-ethyl adjacent to an activating group) is 1. The van der Waals surface area contributed by atoms with Crippen LogP contribution in [0, 0.1) is 0 Å². The molecule has 0 heterocycles. The summed E-state index contributed by atoms with van der Waals surface area (Å²) in [5.41, 5.74) is 1.69. The first-order chi connectivity index (χ1) is 13.1. The predicted octanol–water partition coefficient (Wildman–Crippen LogP) is 0.919. The highest BCUT2D eigenvalue weighted by molar-refractivity contribution is 5.96. The second-order valence-electron chi connectivity index (χ2n) is 5.99. The summed E-state index contributed by atoms with van der Waals surface area (Å²) in [7, 11) is 3.49. The Morgan fingerprint density at radius 3 is 2.33 bits per heavy atom. The highest BCUT2D eigenvalue weighted by Crippen LogP contribution is 2.10. The maximum atomic E-state index is 12.2. The summed E-state index contributed by atoms with van der Waals surface area (Å²) in [5.74, 6) is -0.508. The Bertz CT molecular complexity index is 551. The molecule has 152 valence electrons. The fourth-order valence-corrected chi connectivity index (χ4v) is 2.14. The van der Waals surface area contributed by atoms with Gasteiger partial charge in [0.05, 0.1) is 33.0 Å². The summed E-state index contributed by atoms with van der Waals surface area (Å²) < 4.78 is 15.7. The molecule has 0 aromatic heterocycles. The van der Waals surface area contributed by atoms with E-state index in [1.165, 1.54) is 0 Å². The lowest BCUT2D eigenvalue weighted by Crippen LogP contribution is -2.41. The molecular weight excluding hydrogens is 350 g/mol. The minimum atomic E-state index is -0.638. The smallest absolute Gasteiger partial charge is 0.246 e. The number of hydrogen-bond donors (Lipinski definition) is 3. The third-order valence-corrected chi connectivity index (χ3v) is 3.65. The quantitative estimate of drug-likeness (QED) is 0.415. The maximum absolute atomic E-state index is 12.2. The fourth-order valence-electron chi connectivity index (χ4n) is 2.14. The molecule has 0 radical (unpaired) electrons. The van der Waals surface area contributed by atoms with Crippen molar-refractivity contribution in [3.63, 3.8) is 0 Å². The standard InChI is InChI=1S/C19H31N3O5/c1-15(19(24)22-17-6-4-16(5-7-17)14-25-3)21-18(23)8-10-26-12-13-27-11-9-20-2/h4-7,15,20H,8-14H2,1-3H3,(H,21,23)(H,22,24). The minimum Gasteiger partial charge on any atom is -0.380 e. The number of carbonyl (C=O) groups excluding carboxylic acids is 2. The van der Waals surface area contributed by atoms with Crippen LogP contribution >= 0.6 is 0 Å². The first-order valence-corrected chi connectivity index (χ1v) is 9.05. The average Bonchev–Trinajstić information content (AvgIpc) is 2.65. The molecule has 1 rings (SSSR count). The van der Waals surface area contributed by atoms with Gasteiger partial charge in [0.2, 0.25) is 11.8 Å². The molecule has 27 heavy (non-hydrogen) atoms. The van der Waals surface area contributed by atoms with Crippen molar-refractivity contribution in [2.24, 2.45) is 0 Å². The lowest BCUT2D eigenvalue weighted by Gasteiger charge is -2.14. The molecule has 0 aliphatic heterocycles. The van der Waals surface area contributed by atoms with Crippen LogP contribution in [0.3, 0.4) is 0 Å². The molecule has 1 unspecified atom stereocenters. The van der Waals surface area contributed by atoms with Crippen molar-refractivity contribution in [1.29, 1.82) is 0 Å². The highest BCUT2D eigenvalue weighted by Gasteiger charge is 2.15. The molecule has 0 aliphatic carbocycles. The van der Waals surface area contributed by atoms with Gasteiger partial charge < -0.3 is 30.2 Å². The zero-order valence-corrected chi connectivity index (χ0v) is 16.4. The van der Waals surface area contributed by atoms with E-state index in [0.717, 1.165) is 12.1 Å². The van der Waals surface area contributed by atoms with E-state index >= 15 is 0 Å². The van der Waals surface area contributed by atoms with Crippen LogP contribution in [0.15, 0.2) is 24.3 Å². The van der Waals surface area contributed by atoms with Gasteiger partial charge in [-0.25, -0.2) is 0 Å². The van der Waals surface area contributed by atoms with E-state index in [4.69, 9.17) is 14.2 Å². The molecule has 0 aliphatic rings.